The van der Waals surface area contributed by atoms with E-state index in [0.29, 0.717) is 0 Å². The van der Waals surface area contributed by atoms with Crippen LogP contribution in [0.5, 0.6) is 0 Å². The van der Waals surface area contributed by atoms with Gasteiger partial charge >= 0.3 is 0 Å². The quantitative estimate of drug-likeness (QED) is 0.749. The number of rotatable bonds is 1. The molecule has 1 rings (SSSR count). The topological polar surface area (TPSA) is 54.9 Å². The van der Waals surface area contributed by atoms with Crippen molar-refractivity contribution in [2.75, 3.05) is 7.05 Å². The van der Waals surface area contributed by atoms with Gasteiger partial charge in [-0.1, -0.05) is 23.2 Å². The molecule has 0 aliphatic heterocycles. The van der Waals surface area contributed by atoms with E-state index in [0.717, 1.165) is 0 Å². The molecule has 64 valence electrons. The molecular weight excluding hydrogens is 201 g/mol. The van der Waals surface area contributed by atoms with Gasteiger partial charge in [-0.2, -0.15) is 0 Å². The van der Waals surface area contributed by atoms with Gasteiger partial charge in [0.2, 0.25) is 0 Å². The fourth-order valence-electron chi connectivity index (χ4n) is 0.620. The zero-order chi connectivity index (χ0) is 9.14. The van der Waals surface area contributed by atoms with Crippen LogP contribution in [0, 0.1) is 0 Å². The van der Waals surface area contributed by atoms with E-state index in [1.54, 1.807) is 0 Å². The van der Waals surface area contributed by atoms with Crippen molar-refractivity contribution in [2.45, 2.75) is 0 Å². The van der Waals surface area contributed by atoms with E-state index in [4.69, 9.17) is 23.2 Å². The number of hydrogen-bond donors (Lipinski definition) is 1. The van der Waals surface area contributed by atoms with Crippen molar-refractivity contribution >= 4 is 29.1 Å². The van der Waals surface area contributed by atoms with E-state index >= 15 is 0 Å². The van der Waals surface area contributed by atoms with Crippen LogP contribution < -0.4 is 5.32 Å². The van der Waals surface area contributed by atoms with E-state index in [2.05, 4.69) is 15.5 Å². The van der Waals surface area contributed by atoms with Crippen LogP contribution in [-0.2, 0) is 0 Å². The Bertz CT molecular complexity index is 316. The summed E-state index contributed by atoms with van der Waals surface area (Å²) in [7, 11) is 1.48. The molecule has 0 fully saturated rings. The number of nitrogens with zero attached hydrogens (tertiary/aromatic N) is 2. The second kappa shape index (κ2) is 3.69. The monoisotopic (exact) mass is 205 g/mol. The van der Waals surface area contributed by atoms with Crippen LogP contribution in [0.1, 0.15) is 10.5 Å². The summed E-state index contributed by atoms with van der Waals surface area (Å²) >= 11 is 11.1. The molecule has 0 aliphatic carbocycles. The Balaban J connectivity index is 3.09. The van der Waals surface area contributed by atoms with Gasteiger partial charge in [-0.15, -0.1) is 10.2 Å². The molecule has 12 heavy (non-hydrogen) atoms. The summed E-state index contributed by atoms with van der Waals surface area (Å²) in [6.45, 7) is 0. The van der Waals surface area contributed by atoms with Crippen LogP contribution >= 0.6 is 23.2 Å². The molecule has 0 bridgehead atoms. The number of aromatic nitrogens is 2. The summed E-state index contributed by atoms with van der Waals surface area (Å²) in [5.41, 5.74) is 0.0727. The van der Waals surface area contributed by atoms with Crippen LogP contribution in [-0.4, -0.2) is 23.2 Å². The number of halogens is 2. The first kappa shape index (κ1) is 9.22. The maximum atomic E-state index is 11.0. The maximum Gasteiger partial charge on any atom is 0.273 e. The number of amides is 1. The molecule has 1 N–H and O–H groups in total. The van der Waals surface area contributed by atoms with Crippen LogP contribution in [0.2, 0.25) is 10.2 Å². The van der Waals surface area contributed by atoms with Gasteiger partial charge in [0.05, 0.1) is 5.02 Å². The SMILES string of the molecule is CNC(=O)c1nnc(Cl)cc1Cl. The van der Waals surface area contributed by atoms with E-state index in [1.807, 2.05) is 0 Å². The Morgan fingerprint density at radius 1 is 1.50 bits per heavy atom. The lowest BCUT2D eigenvalue weighted by molar-refractivity contribution is 0.0957. The van der Waals surface area contributed by atoms with Gasteiger partial charge in [0, 0.05) is 7.05 Å². The number of carbonyl (C=O) groups excluding carboxylic acids is 1. The van der Waals surface area contributed by atoms with Gasteiger partial charge in [-0.25, -0.2) is 0 Å². The molecule has 0 radical (unpaired) electrons. The molecule has 1 aromatic heterocycles. The van der Waals surface area contributed by atoms with Gasteiger partial charge in [-0.3, -0.25) is 4.79 Å². The zero-order valence-electron chi connectivity index (χ0n) is 6.14. The molecule has 0 aliphatic rings. The van der Waals surface area contributed by atoms with Crippen molar-refractivity contribution in [1.82, 2.24) is 15.5 Å². The second-order valence-electron chi connectivity index (χ2n) is 1.94. The Kier molecular flexibility index (Phi) is 2.83. The Morgan fingerprint density at radius 3 is 2.67 bits per heavy atom. The van der Waals surface area contributed by atoms with Crippen molar-refractivity contribution < 1.29 is 4.79 Å². The second-order valence-corrected chi connectivity index (χ2v) is 2.74. The predicted octanol–water partition coefficient (Wildman–Crippen LogP) is 1.14. The van der Waals surface area contributed by atoms with E-state index in [9.17, 15) is 4.79 Å². The van der Waals surface area contributed by atoms with E-state index < -0.39 is 0 Å². The smallest absolute Gasteiger partial charge is 0.273 e. The highest BCUT2D eigenvalue weighted by Crippen LogP contribution is 2.15. The summed E-state index contributed by atoms with van der Waals surface area (Å²) in [4.78, 5) is 11.0. The highest BCUT2D eigenvalue weighted by atomic mass is 35.5. The van der Waals surface area contributed by atoms with Crippen LogP contribution in [0.15, 0.2) is 6.07 Å². The average molecular weight is 206 g/mol. The molecular formula is C6H5Cl2N3O. The predicted molar refractivity (Wildman–Crippen MR) is 45.4 cm³/mol. The molecule has 0 spiro atoms. The van der Waals surface area contributed by atoms with Gasteiger partial charge in [0.25, 0.3) is 5.91 Å². The molecule has 1 heterocycles. The Hall–Kier alpha value is -0.870. The Labute approximate surface area is 78.9 Å². The molecule has 0 unspecified atom stereocenters. The van der Waals surface area contributed by atoms with Crippen molar-refractivity contribution in [3.05, 3.63) is 21.9 Å². The van der Waals surface area contributed by atoms with Gasteiger partial charge in [0.15, 0.2) is 10.8 Å². The van der Waals surface area contributed by atoms with Gasteiger partial charge in [-0.05, 0) is 6.07 Å². The van der Waals surface area contributed by atoms with Crippen LogP contribution in [0.4, 0.5) is 0 Å². The van der Waals surface area contributed by atoms with E-state index in [-0.39, 0.29) is 21.8 Å². The molecule has 0 aromatic carbocycles. The lowest BCUT2D eigenvalue weighted by Crippen LogP contribution is -2.20. The van der Waals surface area contributed by atoms with Crippen molar-refractivity contribution in [3.8, 4) is 0 Å². The minimum atomic E-state index is -0.385. The molecule has 0 atom stereocenters. The minimum absolute atomic E-state index is 0.0727. The summed E-state index contributed by atoms with van der Waals surface area (Å²) in [6, 6.07) is 1.36. The summed E-state index contributed by atoms with van der Waals surface area (Å²) in [5.74, 6) is -0.385. The lowest BCUT2D eigenvalue weighted by atomic mass is 10.4. The molecule has 4 nitrogen and oxygen atoms in total. The summed E-state index contributed by atoms with van der Waals surface area (Å²) in [5, 5.41) is 9.72. The molecule has 1 amide bonds. The number of carbonyl (C=O) groups is 1. The van der Waals surface area contributed by atoms with Gasteiger partial charge in [0.1, 0.15) is 0 Å². The maximum absolute atomic E-state index is 11.0. The number of hydrogen-bond acceptors (Lipinski definition) is 3. The van der Waals surface area contributed by atoms with Crippen LogP contribution in [0.3, 0.4) is 0 Å². The molecule has 1 aromatic rings. The first-order valence-corrected chi connectivity index (χ1v) is 3.81. The fraction of sp³-hybridized carbons (Fsp3) is 0.167. The standard InChI is InChI=1S/C6H5Cl2N3O/c1-9-6(12)5-3(7)2-4(8)10-11-5/h2H,1H3,(H,9,12). The summed E-state index contributed by atoms with van der Waals surface area (Å²) < 4.78 is 0. The zero-order valence-corrected chi connectivity index (χ0v) is 7.65. The normalized spacial score (nSPS) is 9.58. The van der Waals surface area contributed by atoms with Crippen LogP contribution in [0.25, 0.3) is 0 Å². The van der Waals surface area contributed by atoms with Gasteiger partial charge < -0.3 is 5.32 Å². The molecule has 6 heteroatoms. The van der Waals surface area contributed by atoms with Crippen molar-refractivity contribution in [1.29, 1.82) is 0 Å². The summed E-state index contributed by atoms with van der Waals surface area (Å²) in [6.07, 6.45) is 0. The third-order valence-electron chi connectivity index (χ3n) is 1.16. The number of nitrogens with one attached hydrogen (secondary N) is 1. The largest absolute Gasteiger partial charge is 0.354 e. The Morgan fingerprint density at radius 2 is 2.17 bits per heavy atom. The first-order chi connectivity index (χ1) is 5.65. The van der Waals surface area contributed by atoms with Crippen molar-refractivity contribution in [3.63, 3.8) is 0 Å². The molecule has 0 saturated carbocycles. The fourth-order valence-corrected chi connectivity index (χ4v) is 1.05. The highest BCUT2D eigenvalue weighted by Gasteiger charge is 2.11. The third kappa shape index (κ3) is 1.84. The minimum Gasteiger partial charge on any atom is -0.354 e. The lowest BCUT2D eigenvalue weighted by Gasteiger charge is -1.99. The molecule has 0 saturated heterocycles. The third-order valence-corrected chi connectivity index (χ3v) is 1.63. The van der Waals surface area contributed by atoms with Crippen molar-refractivity contribution in [2.24, 2.45) is 0 Å². The first-order valence-electron chi connectivity index (χ1n) is 3.06. The average Bonchev–Trinajstić information content (AvgIpc) is 2.03. The van der Waals surface area contributed by atoms with E-state index in [1.165, 1.54) is 13.1 Å². The highest BCUT2D eigenvalue weighted by molar-refractivity contribution is 6.35.